The third-order valence-electron chi connectivity index (χ3n) is 5.01. The van der Waals surface area contributed by atoms with E-state index < -0.39 is 0 Å². The number of nitrogens with one attached hydrogen (secondary N) is 1. The Morgan fingerprint density at radius 1 is 1.06 bits per heavy atom. The van der Waals surface area contributed by atoms with Gasteiger partial charge in [-0.15, -0.1) is 0 Å². The molecule has 4 aromatic rings. The van der Waals surface area contributed by atoms with E-state index in [0.717, 1.165) is 16.8 Å². The van der Waals surface area contributed by atoms with Gasteiger partial charge in [0.2, 0.25) is 0 Å². The van der Waals surface area contributed by atoms with Crippen molar-refractivity contribution in [1.29, 1.82) is 0 Å². The Kier molecular flexibility index (Phi) is 6.08. The lowest BCUT2D eigenvalue weighted by Gasteiger charge is -2.15. The number of hydrogen-bond acceptors (Lipinski definition) is 4. The summed E-state index contributed by atoms with van der Waals surface area (Å²) >= 11 is 0. The molecule has 0 saturated carbocycles. The van der Waals surface area contributed by atoms with Gasteiger partial charge in [0.05, 0.1) is 11.7 Å². The van der Waals surface area contributed by atoms with E-state index in [2.05, 4.69) is 34.5 Å². The maximum Gasteiger partial charge on any atom is 0.251 e. The minimum absolute atomic E-state index is 0.144. The fourth-order valence-electron chi connectivity index (χ4n) is 3.32. The van der Waals surface area contributed by atoms with Gasteiger partial charge in [0, 0.05) is 5.56 Å². The molecule has 1 atom stereocenters. The molecule has 4 rings (SSSR count). The minimum Gasteiger partial charge on any atom is -0.489 e. The van der Waals surface area contributed by atoms with Crippen molar-refractivity contribution in [2.24, 2.45) is 0 Å². The first-order valence-corrected chi connectivity index (χ1v) is 10.1. The first kappa shape index (κ1) is 20.3. The van der Waals surface area contributed by atoms with Crippen molar-refractivity contribution in [3.05, 3.63) is 108 Å². The number of aromatic nitrogens is 3. The highest BCUT2D eigenvalue weighted by molar-refractivity contribution is 5.94. The van der Waals surface area contributed by atoms with Gasteiger partial charge in [-0.3, -0.25) is 4.79 Å². The van der Waals surface area contributed by atoms with E-state index in [4.69, 9.17) is 4.74 Å². The lowest BCUT2D eigenvalue weighted by Crippen LogP contribution is -2.26. The minimum atomic E-state index is -0.145. The zero-order valence-electron chi connectivity index (χ0n) is 17.5. The molecule has 156 valence electrons. The van der Waals surface area contributed by atoms with Crippen LogP contribution in [0.15, 0.2) is 85.5 Å². The Hall–Kier alpha value is -3.93. The summed E-state index contributed by atoms with van der Waals surface area (Å²) in [5, 5.41) is 7.17. The summed E-state index contributed by atoms with van der Waals surface area (Å²) in [7, 11) is 0. The first-order valence-electron chi connectivity index (χ1n) is 10.1. The summed E-state index contributed by atoms with van der Waals surface area (Å²) in [4.78, 5) is 16.7. The largest absolute Gasteiger partial charge is 0.489 e. The standard InChI is InChI=1S/C25H24N4O2/c1-18-5-3-6-20(13-18)15-31-24-8-4-7-22(14-24)25(30)28-19(2)21-9-11-23(12-10-21)29-17-26-16-27-29/h3-14,16-17,19H,15H2,1-2H3,(H,28,30). The van der Waals surface area contributed by atoms with Gasteiger partial charge in [-0.2, -0.15) is 5.10 Å². The molecule has 6 heteroatoms. The predicted molar refractivity (Wildman–Crippen MR) is 119 cm³/mol. The highest BCUT2D eigenvalue weighted by atomic mass is 16.5. The molecule has 0 fully saturated rings. The monoisotopic (exact) mass is 412 g/mol. The Bertz CT molecular complexity index is 1150. The highest BCUT2D eigenvalue weighted by Gasteiger charge is 2.12. The van der Waals surface area contributed by atoms with Crippen molar-refractivity contribution < 1.29 is 9.53 Å². The van der Waals surface area contributed by atoms with Crippen molar-refractivity contribution in [1.82, 2.24) is 20.1 Å². The lowest BCUT2D eigenvalue weighted by molar-refractivity contribution is 0.0939. The summed E-state index contributed by atoms with van der Waals surface area (Å²) in [6.07, 6.45) is 3.14. The molecular formula is C25H24N4O2. The molecule has 0 spiro atoms. The van der Waals surface area contributed by atoms with Crippen molar-refractivity contribution in [2.45, 2.75) is 26.5 Å². The van der Waals surface area contributed by atoms with Crippen LogP contribution in [-0.4, -0.2) is 20.7 Å². The number of carbonyl (C=O) groups is 1. The molecule has 31 heavy (non-hydrogen) atoms. The highest BCUT2D eigenvalue weighted by Crippen LogP contribution is 2.19. The van der Waals surface area contributed by atoms with E-state index in [-0.39, 0.29) is 11.9 Å². The second-order valence-electron chi connectivity index (χ2n) is 7.43. The predicted octanol–water partition coefficient (Wildman–Crippen LogP) is 4.65. The van der Waals surface area contributed by atoms with Crippen LogP contribution in [0.2, 0.25) is 0 Å². The van der Waals surface area contributed by atoms with Crippen LogP contribution in [0, 0.1) is 6.92 Å². The fourth-order valence-corrected chi connectivity index (χ4v) is 3.32. The molecule has 6 nitrogen and oxygen atoms in total. The van der Waals surface area contributed by atoms with E-state index in [1.165, 1.54) is 11.9 Å². The van der Waals surface area contributed by atoms with Gasteiger partial charge in [0.1, 0.15) is 25.0 Å². The van der Waals surface area contributed by atoms with Crippen LogP contribution in [-0.2, 0) is 6.61 Å². The molecule has 0 aliphatic heterocycles. The Morgan fingerprint density at radius 3 is 2.61 bits per heavy atom. The summed E-state index contributed by atoms with van der Waals surface area (Å²) in [5.74, 6) is 0.521. The average Bonchev–Trinajstić information content (AvgIpc) is 3.33. The molecule has 0 aliphatic rings. The van der Waals surface area contributed by atoms with Crippen LogP contribution in [0.1, 0.15) is 40.0 Å². The van der Waals surface area contributed by atoms with E-state index in [0.29, 0.717) is 17.9 Å². The van der Waals surface area contributed by atoms with Crippen LogP contribution in [0.5, 0.6) is 5.75 Å². The summed E-state index contributed by atoms with van der Waals surface area (Å²) in [5.41, 5.74) is 4.77. The molecule has 1 amide bonds. The van der Waals surface area contributed by atoms with Crippen molar-refractivity contribution in [2.75, 3.05) is 0 Å². The van der Waals surface area contributed by atoms with Gasteiger partial charge < -0.3 is 10.1 Å². The third kappa shape index (κ3) is 5.17. The van der Waals surface area contributed by atoms with E-state index in [9.17, 15) is 4.79 Å². The molecule has 0 radical (unpaired) electrons. The number of aryl methyl sites for hydroxylation is 1. The van der Waals surface area contributed by atoms with Crippen LogP contribution in [0.25, 0.3) is 5.69 Å². The van der Waals surface area contributed by atoms with Crippen molar-refractivity contribution in [3.8, 4) is 11.4 Å². The number of carbonyl (C=O) groups excluding carboxylic acids is 1. The SMILES string of the molecule is Cc1cccc(COc2cccc(C(=O)NC(C)c3ccc(-n4cncn4)cc3)c2)c1. The van der Waals surface area contributed by atoms with Crippen LogP contribution in [0.3, 0.4) is 0 Å². The van der Waals surface area contributed by atoms with Gasteiger partial charge >= 0.3 is 0 Å². The summed E-state index contributed by atoms with van der Waals surface area (Å²) < 4.78 is 7.57. The van der Waals surface area contributed by atoms with Crippen LogP contribution in [0.4, 0.5) is 0 Å². The van der Waals surface area contributed by atoms with Crippen molar-refractivity contribution >= 4 is 5.91 Å². The Balaban J connectivity index is 1.38. The molecule has 1 N–H and O–H groups in total. The lowest BCUT2D eigenvalue weighted by atomic mass is 10.1. The molecule has 0 saturated heterocycles. The second-order valence-corrected chi connectivity index (χ2v) is 7.43. The van der Waals surface area contributed by atoms with E-state index >= 15 is 0 Å². The number of ether oxygens (including phenoxy) is 1. The Morgan fingerprint density at radius 2 is 1.87 bits per heavy atom. The normalized spacial score (nSPS) is 11.7. The number of benzene rings is 3. The zero-order valence-corrected chi connectivity index (χ0v) is 17.5. The van der Waals surface area contributed by atoms with Gasteiger partial charge in [0.25, 0.3) is 5.91 Å². The second kappa shape index (κ2) is 9.26. The summed E-state index contributed by atoms with van der Waals surface area (Å²) in [6, 6.07) is 23.1. The fraction of sp³-hybridized carbons (Fsp3) is 0.160. The summed E-state index contributed by atoms with van der Waals surface area (Å²) in [6.45, 7) is 4.47. The molecule has 1 aromatic heterocycles. The molecule has 3 aromatic carbocycles. The van der Waals surface area contributed by atoms with Gasteiger partial charge in [-0.1, -0.05) is 48.0 Å². The molecule has 0 aliphatic carbocycles. The Labute approximate surface area is 181 Å². The van der Waals surface area contributed by atoms with Crippen LogP contribution < -0.4 is 10.1 Å². The van der Waals surface area contributed by atoms with Crippen molar-refractivity contribution in [3.63, 3.8) is 0 Å². The van der Waals surface area contributed by atoms with Gasteiger partial charge in [-0.05, 0) is 55.3 Å². The van der Waals surface area contributed by atoms with Crippen LogP contribution >= 0.6 is 0 Å². The first-order chi connectivity index (χ1) is 15.1. The number of amides is 1. The molecule has 0 bridgehead atoms. The average molecular weight is 412 g/mol. The third-order valence-corrected chi connectivity index (χ3v) is 5.01. The number of rotatable bonds is 7. The maximum atomic E-state index is 12.8. The van der Waals surface area contributed by atoms with Gasteiger partial charge in [0.15, 0.2) is 0 Å². The zero-order chi connectivity index (χ0) is 21.6. The maximum absolute atomic E-state index is 12.8. The van der Waals surface area contributed by atoms with E-state index in [1.807, 2.05) is 55.5 Å². The topological polar surface area (TPSA) is 69.0 Å². The molecular weight excluding hydrogens is 388 g/mol. The van der Waals surface area contributed by atoms with Gasteiger partial charge in [-0.25, -0.2) is 9.67 Å². The molecule has 1 heterocycles. The quantitative estimate of drug-likeness (QED) is 0.480. The van der Waals surface area contributed by atoms with E-state index in [1.54, 1.807) is 23.1 Å². The number of nitrogens with zero attached hydrogens (tertiary/aromatic N) is 3. The smallest absolute Gasteiger partial charge is 0.251 e. The number of hydrogen-bond donors (Lipinski definition) is 1. The molecule has 1 unspecified atom stereocenters.